The lowest BCUT2D eigenvalue weighted by Gasteiger charge is -2.18. The van der Waals surface area contributed by atoms with E-state index in [1.807, 2.05) is 36.5 Å². The van der Waals surface area contributed by atoms with Crippen molar-refractivity contribution in [1.29, 1.82) is 0 Å². The van der Waals surface area contributed by atoms with Gasteiger partial charge in [0.15, 0.2) is 0 Å². The molecular weight excluding hydrogens is 250 g/mol. The Morgan fingerprint density at radius 1 is 1.15 bits per heavy atom. The lowest BCUT2D eigenvalue weighted by atomic mass is 10.2. The van der Waals surface area contributed by atoms with Crippen molar-refractivity contribution in [2.45, 2.75) is 6.54 Å². The van der Waals surface area contributed by atoms with Gasteiger partial charge in [-0.1, -0.05) is 18.2 Å². The number of nitrogens with one attached hydrogen (secondary N) is 1. The summed E-state index contributed by atoms with van der Waals surface area (Å²) in [5.74, 6) is 1.89. The number of methoxy groups -OCH3 is 1. The quantitative estimate of drug-likeness (QED) is 0.784. The largest absolute Gasteiger partial charge is 0.497 e. The molecule has 1 N–H and O–H groups in total. The number of aromatic nitrogens is 1. The first kappa shape index (κ1) is 14.3. The summed E-state index contributed by atoms with van der Waals surface area (Å²) in [7, 11) is 3.73. The van der Waals surface area contributed by atoms with Crippen molar-refractivity contribution in [2.75, 3.05) is 32.1 Å². The summed E-state index contributed by atoms with van der Waals surface area (Å²) in [5.41, 5.74) is 1.26. The average Bonchev–Trinajstić information content (AvgIpc) is 2.53. The summed E-state index contributed by atoms with van der Waals surface area (Å²) in [4.78, 5) is 6.46. The summed E-state index contributed by atoms with van der Waals surface area (Å²) in [5, 5.41) is 3.43. The third-order valence-electron chi connectivity index (χ3n) is 3.15. The minimum atomic E-state index is 0.861. The SMILES string of the molecule is COc1ccc(CNCCN(C)c2ccccn2)cc1. The highest BCUT2D eigenvalue weighted by Crippen LogP contribution is 2.11. The van der Waals surface area contributed by atoms with Crippen LogP contribution >= 0.6 is 0 Å². The van der Waals surface area contributed by atoms with Crippen molar-refractivity contribution in [3.8, 4) is 5.75 Å². The molecule has 4 heteroatoms. The first-order chi connectivity index (χ1) is 9.79. The van der Waals surface area contributed by atoms with Gasteiger partial charge in [-0.3, -0.25) is 0 Å². The van der Waals surface area contributed by atoms with Crippen LogP contribution in [-0.4, -0.2) is 32.2 Å². The van der Waals surface area contributed by atoms with Crippen LogP contribution in [0.5, 0.6) is 5.75 Å². The van der Waals surface area contributed by atoms with Gasteiger partial charge in [-0.2, -0.15) is 0 Å². The molecule has 0 amide bonds. The van der Waals surface area contributed by atoms with Gasteiger partial charge in [0.05, 0.1) is 7.11 Å². The van der Waals surface area contributed by atoms with Gasteiger partial charge in [0, 0.05) is 32.9 Å². The second kappa shape index (κ2) is 7.50. The van der Waals surface area contributed by atoms with Gasteiger partial charge in [0.25, 0.3) is 0 Å². The Kier molecular flexibility index (Phi) is 5.38. The highest BCUT2D eigenvalue weighted by atomic mass is 16.5. The number of likely N-dealkylation sites (N-methyl/N-ethyl adjacent to an activating group) is 1. The van der Waals surface area contributed by atoms with Crippen molar-refractivity contribution in [1.82, 2.24) is 10.3 Å². The maximum atomic E-state index is 5.14. The fourth-order valence-corrected chi connectivity index (χ4v) is 1.92. The molecule has 0 fully saturated rings. The highest BCUT2D eigenvalue weighted by Gasteiger charge is 2.00. The van der Waals surface area contributed by atoms with E-state index in [0.29, 0.717) is 0 Å². The molecule has 0 aliphatic carbocycles. The number of benzene rings is 1. The molecule has 0 bridgehead atoms. The Bertz CT molecular complexity index is 499. The molecule has 2 aromatic rings. The molecule has 20 heavy (non-hydrogen) atoms. The van der Waals surface area contributed by atoms with E-state index in [0.717, 1.165) is 31.2 Å². The lowest BCUT2D eigenvalue weighted by Crippen LogP contribution is -2.29. The van der Waals surface area contributed by atoms with Crippen LogP contribution in [0.2, 0.25) is 0 Å². The first-order valence-corrected chi connectivity index (χ1v) is 6.75. The molecule has 0 aliphatic heterocycles. The van der Waals surface area contributed by atoms with Crippen LogP contribution in [0.4, 0.5) is 5.82 Å². The Balaban J connectivity index is 1.70. The van der Waals surface area contributed by atoms with Gasteiger partial charge >= 0.3 is 0 Å². The summed E-state index contributed by atoms with van der Waals surface area (Å²) in [6, 6.07) is 14.1. The zero-order valence-corrected chi connectivity index (χ0v) is 12.0. The smallest absolute Gasteiger partial charge is 0.128 e. The van der Waals surface area contributed by atoms with E-state index in [-0.39, 0.29) is 0 Å². The van der Waals surface area contributed by atoms with E-state index in [2.05, 4.69) is 34.4 Å². The summed E-state index contributed by atoms with van der Waals surface area (Å²) < 4.78 is 5.14. The van der Waals surface area contributed by atoms with Gasteiger partial charge in [-0.15, -0.1) is 0 Å². The van der Waals surface area contributed by atoms with Crippen molar-refractivity contribution in [2.24, 2.45) is 0 Å². The van der Waals surface area contributed by atoms with Gasteiger partial charge < -0.3 is 15.0 Å². The van der Waals surface area contributed by atoms with Crippen LogP contribution in [0.3, 0.4) is 0 Å². The van der Waals surface area contributed by atoms with E-state index < -0.39 is 0 Å². The van der Waals surface area contributed by atoms with E-state index in [1.54, 1.807) is 7.11 Å². The highest BCUT2D eigenvalue weighted by molar-refractivity contribution is 5.36. The molecule has 1 heterocycles. The van der Waals surface area contributed by atoms with Crippen LogP contribution in [-0.2, 0) is 6.54 Å². The number of pyridine rings is 1. The standard InChI is InChI=1S/C16H21N3O/c1-19(16-5-3-4-10-18-16)12-11-17-13-14-6-8-15(20-2)9-7-14/h3-10,17H,11-13H2,1-2H3. The van der Waals surface area contributed by atoms with E-state index >= 15 is 0 Å². The van der Waals surface area contributed by atoms with Crippen molar-refractivity contribution in [3.05, 3.63) is 54.2 Å². The Labute approximate surface area is 120 Å². The number of ether oxygens (including phenoxy) is 1. The van der Waals surface area contributed by atoms with Crippen LogP contribution in [0.1, 0.15) is 5.56 Å². The molecule has 0 unspecified atom stereocenters. The molecule has 2 rings (SSSR count). The normalized spacial score (nSPS) is 10.3. The van der Waals surface area contributed by atoms with E-state index in [1.165, 1.54) is 5.56 Å². The molecule has 0 saturated heterocycles. The third kappa shape index (κ3) is 4.24. The van der Waals surface area contributed by atoms with E-state index in [4.69, 9.17) is 4.74 Å². The zero-order chi connectivity index (χ0) is 14.2. The van der Waals surface area contributed by atoms with Crippen LogP contribution in [0.25, 0.3) is 0 Å². The first-order valence-electron chi connectivity index (χ1n) is 6.75. The fraction of sp³-hybridized carbons (Fsp3) is 0.312. The number of nitrogens with zero attached hydrogens (tertiary/aromatic N) is 2. The zero-order valence-electron chi connectivity index (χ0n) is 12.0. The predicted octanol–water partition coefficient (Wildman–Crippen LogP) is 2.32. The minimum absolute atomic E-state index is 0.861. The second-order valence-electron chi connectivity index (χ2n) is 4.63. The molecule has 1 aromatic carbocycles. The van der Waals surface area contributed by atoms with Crippen LogP contribution in [0.15, 0.2) is 48.7 Å². The molecule has 0 atom stereocenters. The monoisotopic (exact) mass is 271 g/mol. The lowest BCUT2D eigenvalue weighted by molar-refractivity contribution is 0.414. The number of rotatable bonds is 7. The summed E-state index contributed by atoms with van der Waals surface area (Å²) >= 11 is 0. The van der Waals surface area contributed by atoms with E-state index in [9.17, 15) is 0 Å². The molecular formula is C16H21N3O. The van der Waals surface area contributed by atoms with Crippen molar-refractivity contribution < 1.29 is 4.74 Å². The number of hydrogen-bond acceptors (Lipinski definition) is 4. The van der Waals surface area contributed by atoms with Gasteiger partial charge in [-0.25, -0.2) is 4.98 Å². The van der Waals surface area contributed by atoms with Crippen molar-refractivity contribution in [3.63, 3.8) is 0 Å². The van der Waals surface area contributed by atoms with Crippen molar-refractivity contribution >= 4 is 5.82 Å². The maximum Gasteiger partial charge on any atom is 0.128 e. The van der Waals surface area contributed by atoms with Gasteiger partial charge in [0.1, 0.15) is 11.6 Å². The Morgan fingerprint density at radius 2 is 1.95 bits per heavy atom. The Hall–Kier alpha value is -2.07. The molecule has 0 radical (unpaired) electrons. The minimum Gasteiger partial charge on any atom is -0.497 e. The van der Waals surface area contributed by atoms with Gasteiger partial charge in [-0.05, 0) is 29.8 Å². The topological polar surface area (TPSA) is 37.4 Å². The number of anilines is 1. The average molecular weight is 271 g/mol. The third-order valence-corrected chi connectivity index (χ3v) is 3.15. The fourth-order valence-electron chi connectivity index (χ4n) is 1.92. The second-order valence-corrected chi connectivity index (χ2v) is 4.63. The van der Waals surface area contributed by atoms with Crippen LogP contribution in [0, 0.1) is 0 Å². The van der Waals surface area contributed by atoms with Gasteiger partial charge in [0.2, 0.25) is 0 Å². The maximum absolute atomic E-state index is 5.14. The molecule has 1 aromatic heterocycles. The molecule has 106 valence electrons. The Morgan fingerprint density at radius 3 is 2.60 bits per heavy atom. The predicted molar refractivity (Wildman–Crippen MR) is 82.2 cm³/mol. The summed E-state index contributed by atoms with van der Waals surface area (Å²) in [6.45, 7) is 2.70. The number of hydrogen-bond donors (Lipinski definition) is 1. The molecule has 0 spiro atoms. The summed E-state index contributed by atoms with van der Waals surface area (Å²) in [6.07, 6.45) is 1.82. The molecule has 0 saturated carbocycles. The van der Waals surface area contributed by atoms with Crippen LogP contribution < -0.4 is 15.0 Å². The molecule has 4 nitrogen and oxygen atoms in total. The molecule has 0 aliphatic rings.